The van der Waals surface area contributed by atoms with Crippen LogP contribution in [0.4, 0.5) is 5.69 Å². The van der Waals surface area contributed by atoms with Crippen LogP contribution in [0.25, 0.3) is 11.0 Å². The highest BCUT2D eigenvalue weighted by Gasteiger charge is 2.13. The lowest BCUT2D eigenvalue weighted by Crippen LogP contribution is -2.28. The fourth-order valence-corrected chi connectivity index (χ4v) is 2.44. The van der Waals surface area contributed by atoms with E-state index in [1.165, 1.54) is 12.8 Å². The minimum atomic E-state index is 0.506. The van der Waals surface area contributed by atoms with E-state index in [9.17, 15) is 0 Å². The predicted molar refractivity (Wildman–Crippen MR) is 80.0 cm³/mol. The number of nitrogens with zero attached hydrogens (tertiary/aromatic N) is 3. The smallest absolute Gasteiger partial charge is 0.112 e. The van der Waals surface area contributed by atoms with Crippen LogP contribution in [0.15, 0.2) is 29.0 Å². The molecule has 0 aliphatic heterocycles. The van der Waals surface area contributed by atoms with E-state index in [2.05, 4.69) is 51.7 Å². The Bertz CT molecular complexity index is 542. The highest BCUT2D eigenvalue weighted by molar-refractivity contribution is 9.10. The molecule has 2 aromatic heterocycles. The molecule has 0 saturated carbocycles. The molecule has 96 valence electrons. The molecule has 0 bridgehead atoms. The molecule has 3 nitrogen and oxygen atoms in total. The zero-order valence-corrected chi connectivity index (χ0v) is 12.6. The van der Waals surface area contributed by atoms with Crippen LogP contribution in [0.1, 0.15) is 26.7 Å². The topological polar surface area (TPSA) is 29.0 Å². The summed E-state index contributed by atoms with van der Waals surface area (Å²) in [5, 5.41) is 0. The highest BCUT2D eigenvalue weighted by Crippen LogP contribution is 2.26. The Morgan fingerprint density at radius 3 is 2.89 bits per heavy atom. The summed E-state index contributed by atoms with van der Waals surface area (Å²) in [6.45, 7) is 4.46. The SMILES string of the molecule is CCCC(C)N(C)c1ccnc2cc(Br)cnc12. The lowest BCUT2D eigenvalue weighted by Gasteiger charge is -2.27. The third kappa shape index (κ3) is 2.64. The second kappa shape index (κ2) is 5.65. The van der Waals surface area contributed by atoms with E-state index in [1.807, 2.05) is 24.5 Å². The van der Waals surface area contributed by atoms with Gasteiger partial charge in [0.25, 0.3) is 0 Å². The monoisotopic (exact) mass is 307 g/mol. The largest absolute Gasteiger partial charge is 0.370 e. The Kier molecular flexibility index (Phi) is 4.17. The maximum Gasteiger partial charge on any atom is 0.112 e. The van der Waals surface area contributed by atoms with Crippen LogP contribution in [-0.4, -0.2) is 23.1 Å². The van der Waals surface area contributed by atoms with Crippen molar-refractivity contribution in [2.75, 3.05) is 11.9 Å². The number of aromatic nitrogens is 2. The van der Waals surface area contributed by atoms with Gasteiger partial charge in [-0.05, 0) is 41.4 Å². The van der Waals surface area contributed by atoms with Crippen LogP contribution in [-0.2, 0) is 0 Å². The average molecular weight is 308 g/mol. The number of halogens is 1. The van der Waals surface area contributed by atoms with Crippen LogP contribution in [0.2, 0.25) is 0 Å². The van der Waals surface area contributed by atoms with Crippen molar-refractivity contribution in [1.29, 1.82) is 0 Å². The van der Waals surface area contributed by atoms with E-state index in [4.69, 9.17) is 0 Å². The minimum absolute atomic E-state index is 0.506. The van der Waals surface area contributed by atoms with Crippen LogP contribution in [0.5, 0.6) is 0 Å². The lowest BCUT2D eigenvalue weighted by molar-refractivity contribution is 0.617. The molecule has 0 aliphatic rings. The zero-order chi connectivity index (χ0) is 13.1. The van der Waals surface area contributed by atoms with Gasteiger partial charge in [0.1, 0.15) is 5.52 Å². The fraction of sp³-hybridized carbons (Fsp3) is 0.429. The second-order valence-electron chi connectivity index (χ2n) is 4.60. The molecule has 0 spiro atoms. The Balaban J connectivity index is 2.44. The molecule has 0 radical (unpaired) electrons. The van der Waals surface area contributed by atoms with E-state index in [1.54, 1.807) is 0 Å². The Hall–Kier alpha value is -1.16. The van der Waals surface area contributed by atoms with Gasteiger partial charge in [0.2, 0.25) is 0 Å². The highest BCUT2D eigenvalue weighted by atomic mass is 79.9. The Morgan fingerprint density at radius 1 is 1.39 bits per heavy atom. The van der Waals surface area contributed by atoms with Gasteiger partial charge in [-0.1, -0.05) is 13.3 Å². The molecule has 0 aromatic carbocycles. The van der Waals surface area contributed by atoms with Crippen molar-refractivity contribution >= 4 is 32.7 Å². The molecular weight excluding hydrogens is 290 g/mol. The van der Waals surface area contributed by atoms with Gasteiger partial charge in [-0.15, -0.1) is 0 Å². The first-order valence-electron chi connectivity index (χ1n) is 6.26. The molecule has 4 heteroatoms. The van der Waals surface area contributed by atoms with Crippen molar-refractivity contribution in [3.8, 4) is 0 Å². The van der Waals surface area contributed by atoms with Crippen molar-refractivity contribution < 1.29 is 0 Å². The summed E-state index contributed by atoms with van der Waals surface area (Å²) in [4.78, 5) is 11.2. The molecule has 0 aliphatic carbocycles. The number of rotatable bonds is 4. The molecule has 2 aromatic rings. The summed E-state index contributed by atoms with van der Waals surface area (Å²) in [5.74, 6) is 0. The average Bonchev–Trinajstić information content (AvgIpc) is 2.37. The number of pyridine rings is 2. The third-order valence-electron chi connectivity index (χ3n) is 3.27. The maximum atomic E-state index is 4.49. The summed E-state index contributed by atoms with van der Waals surface area (Å²) in [6.07, 6.45) is 6.04. The molecular formula is C14H18BrN3. The summed E-state index contributed by atoms with van der Waals surface area (Å²) >= 11 is 3.43. The van der Waals surface area contributed by atoms with Crippen molar-refractivity contribution in [1.82, 2.24) is 9.97 Å². The third-order valence-corrected chi connectivity index (χ3v) is 3.70. The fourth-order valence-electron chi connectivity index (χ4n) is 2.12. The molecule has 18 heavy (non-hydrogen) atoms. The number of hydrogen-bond acceptors (Lipinski definition) is 3. The van der Waals surface area contributed by atoms with Crippen LogP contribution in [0.3, 0.4) is 0 Å². The van der Waals surface area contributed by atoms with Gasteiger partial charge >= 0.3 is 0 Å². The van der Waals surface area contributed by atoms with Crippen LogP contribution in [0, 0.1) is 0 Å². The normalized spacial score (nSPS) is 12.7. The van der Waals surface area contributed by atoms with E-state index < -0.39 is 0 Å². The van der Waals surface area contributed by atoms with Gasteiger partial charge < -0.3 is 4.90 Å². The standard InChI is InChI=1S/C14H18BrN3/c1-4-5-10(2)18(3)13-6-7-16-12-8-11(15)9-17-14(12)13/h6-10H,4-5H2,1-3H3. The molecule has 0 amide bonds. The Morgan fingerprint density at radius 2 is 2.17 bits per heavy atom. The van der Waals surface area contributed by atoms with Gasteiger partial charge in [-0.2, -0.15) is 0 Å². The zero-order valence-electron chi connectivity index (χ0n) is 11.0. The molecule has 0 N–H and O–H groups in total. The quantitative estimate of drug-likeness (QED) is 0.854. The van der Waals surface area contributed by atoms with E-state index in [0.29, 0.717) is 6.04 Å². The van der Waals surface area contributed by atoms with Gasteiger partial charge in [-0.3, -0.25) is 9.97 Å². The summed E-state index contributed by atoms with van der Waals surface area (Å²) in [5.41, 5.74) is 3.04. The summed E-state index contributed by atoms with van der Waals surface area (Å²) in [7, 11) is 2.12. The van der Waals surface area contributed by atoms with Crippen LogP contribution < -0.4 is 4.90 Å². The van der Waals surface area contributed by atoms with Crippen molar-refractivity contribution in [2.24, 2.45) is 0 Å². The molecule has 2 heterocycles. The molecule has 2 rings (SSSR count). The van der Waals surface area contributed by atoms with Crippen molar-refractivity contribution in [3.05, 3.63) is 29.0 Å². The van der Waals surface area contributed by atoms with Gasteiger partial charge in [-0.25, -0.2) is 0 Å². The molecule has 1 unspecified atom stereocenters. The number of fused-ring (bicyclic) bond motifs is 1. The number of anilines is 1. The van der Waals surface area contributed by atoms with Crippen molar-refractivity contribution in [2.45, 2.75) is 32.7 Å². The summed E-state index contributed by atoms with van der Waals surface area (Å²) < 4.78 is 0.962. The minimum Gasteiger partial charge on any atom is -0.370 e. The van der Waals surface area contributed by atoms with Crippen molar-refractivity contribution in [3.63, 3.8) is 0 Å². The van der Waals surface area contributed by atoms with Gasteiger partial charge in [0.15, 0.2) is 0 Å². The molecule has 0 saturated heterocycles. The van der Waals surface area contributed by atoms with E-state index >= 15 is 0 Å². The van der Waals surface area contributed by atoms with E-state index in [-0.39, 0.29) is 0 Å². The maximum absolute atomic E-state index is 4.49. The molecule has 1 atom stereocenters. The lowest BCUT2D eigenvalue weighted by atomic mass is 10.1. The van der Waals surface area contributed by atoms with Gasteiger partial charge in [0.05, 0.1) is 11.2 Å². The van der Waals surface area contributed by atoms with Gasteiger partial charge in [0, 0.05) is 30.0 Å². The Labute approximate surface area is 116 Å². The first-order chi connectivity index (χ1) is 8.63. The summed E-state index contributed by atoms with van der Waals surface area (Å²) in [6, 6.07) is 4.55. The second-order valence-corrected chi connectivity index (χ2v) is 5.52. The first kappa shape index (κ1) is 13.3. The first-order valence-corrected chi connectivity index (χ1v) is 7.06. The molecule has 0 fully saturated rings. The van der Waals surface area contributed by atoms with E-state index in [0.717, 1.165) is 21.2 Å². The van der Waals surface area contributed by atoms with Crippen LogP contribution >= 0.6 is 15.9 Å². The predicted octanol–water partition coefficient (Wildman–Crippen LogP) is 4.02. The number of hydrogen-bond donors (Lipinski definition) is 0.